The molecule has 0 fully saturated rings. The first kappa shape index (κ1) is 14.8. The van der Waals surface area contributed by atoms with Gasteiger partial charge < -0.3 is 14.6 Å². The Labute approximate surface area is 93.2 Å². The van der Waals surface area contributed by atoms with Gasteiger partial charge in [-0.05, 0) is 20.3 Å². The molecule has 1 N–H and O–H groups in total. The van der Waals surface area contributed by atoms with Crippen LogP contribution in [0.2, 0.25) is 0 Å². The summed E-state index contributed by atoms with van der Waals surface area (Å²) in [6.07, 6.45) is 1.00. The smallest absolute Gasteiger partial charge is 0.0700 e. The maximum absolute atomic E-state index is 8.87. The zero-order chi connectivity index (χ0) is 11.5. The lowest BCUT2D eigenvalue weighted by atomic mass is 10.3. The molecule has 4 heteroatoms. The Morgan fingerprint density at radius 1 is 1.13 bits per heavy atom. The summed E-state index contributed by atoms with van der Waals surface area (Å²) in [4.78, 5) is 2.25. The zero-order valence-corrected chi connectivity index (χ0v) is 10.2. The average Bonchev–Trinajstić information content (AvgIpc) is 2.21. The highest BCUT2D eigenvalue weighted by atomic mass is 16.5. The molecule has 0 aliphatic carbocycles. The lowest BCUT2D eigenvalue weighted by Crippen LogP contribution is -2.34. The second-order valence-corrected chi connectivity index (χ2v) is 3.81. The minimum Gasteiger partial charge on any atom is -0.395 e. The number of nitrogens with zero attached hydrogens (tertiary/aromatic N) is 1. The first-order valence-corrected chi connectivity index (χ1v) is 5.64. The molecule has 0 aliphatic rings. The molecule has 0 unspecified atom stereocenters. The third kappa shape index (κ3) is 8.81. The van der Waals surface area contributed by atoms with Gasteiger partial charge in [0.25, 0.3) is 0 Å². The summed E-state index contributed by atoms with van der Waals surface area (Å²) in [7, 11) is 1.67. The number of ether oxygens (including phenoxy) is 2. The van der Waals surface area contributed by atoms with E-state index < -0.39 is 0 Å². The molecule has 0 aromatic heterocycles. The minimum absolute atomic E-state index is 0.225. The number of aliphatic hydroxyl groups excluding tert-OH is 1. The van der Waals surface area contributed by atoms with E-state index in [9.17, 15) is 0 Å². The van der Waals surface area contributed by atoms with E-state index in [4.69, 9.17) is 14.6 Å². The van der Waals surface area contributed by atoms with E-state index in [1.54, 1.807) is 7.11 Å². The Morgan fingerprint density at radius 3 is 2.40 bits per heavy atom. The average molecular weight is 219 g/mol. The second-order valence-electron chi connectivity index (χ2n) is 3.81. The van der Waals surface area contributed by atoms with Crippen LogP contribution in [0.3, 0.4) is 0 Å². The van der Waals surface area contributed by atoms with Crippen LogP contribution in [-0.2, 0) is 9.47 Å². The lowest BCUT2D eigenvalue weighted by Gasteiger charge is -2.25. The fourth-order valence-corrected chi connectivity index (χ4v) is 1.37. The number of rotatable bonds is 10. The molecule has 4 nitrogen and oxygen atoms in total. The van der Waals surface area contributed by atoms with E-state index in [0.717, 1.165) is 26.1 Å². The van der Waals surface area contributed by atoms with Crippen LogP contribution >= 0.6 is 0 Å². The van der Waals surface area contributed by atoms with Gasteiger partial charge in [-0.1, -0.05) is 0 Å². The molecule has 0 spiro atoms. The highest BCUT2D eigenvalue weighted by molar-refractivity contribution is 4.61. The Hall–Kier alpha value is -0.160. The second kappa shape index (κ2) is 10.4. The van der Waals surface area contributed by atoms with Crippen molar-refractivity contribution < 1.29 is 14.6 Å². The number of hydrogen-bond donors (Lipinski definition) is 1. The summed E-state index contributed by atoms with van der Waals surface area (Å²) in [5.41, 5.74) is 0. The fourth-order valence-electron chi connectivity index (χ4n) is 1.37. The Bertz CT molecular complexity index is 131. The van der Waals surface area contributed by atoms with Crippen LogP contribution in [0.1, 0.15) is 20.3 Å². The van der Waals surface area contributed by atoms with Gasteiger partial charge in [0.1, 0.15) is 0 Å². The van der Waals surface area contributed by atoms with Crippen LogP contribution in [0, 0.1) is 0 Å². The van der Waals surface area contributed by atoms with Crippen molar-refractivity contribution in [3.63, 3.8) is 0 Å². The molecule has 0 heterocycles. The van der Waals surface area contributed by atoms with Gasteiger partial charge in [-0.3, -0.25) is 4.90 Å². The van der Waals surface area contributed by atoms with E-state index in [1.165, 1.54) is 0 Å². The van der Waals surface area contributed by atoms with E-state index >= 15 is 0 Å². The predicted molar refractivity (Wildman–Crippen MR) is 61.1 cm³/mol. The fraction of sp³-hybridized carbons (Fsp3) is 1.00. The van der Waals surface area contributed by atoms with E-state index in [0.29, 0.717) is 19.3 Å². The summed E-state index contributed by atoms with van der Waals surface area (Å²) in [5.74, 6) is 0. The maximum atomic E-state index is 8.87. The molecule has 0 radical (unpaired) electrons. The van der Waals surface area contributed by atoms with Gasteiger partial charge in [-0.25, -0.2) is 0 Å². The lowest BCUT2D eigenvalue weighted by molar-refractivity contribution is 0.0620. The standard InChI is InChI=1S/C11H25NO3/c1-11(2)12(6-7-13)5-4-8-15-10-9-14-3/h11,13H,4-10H2,1-3H3. The molecule has 0 aliphatic heterocycles. The highest BCUT2D eigenvalue weighted by Crippen LogP contribution is 1.99. The first-order valence-electron chi connectivity index (χ1n) is 5.64. The van der Waals surface area contributed by atoms with Gasteiger partial charge >= 0.3 is 0 Å². The van der Waals surface area contributed by atoms with Crippen LogP contribution in [0.4, 0.5) is 0 Å². The number of aliphatic hydroxyl groups is 1. The molecule has 0 saturated heterocycles. The van der Waals surface area contributed by atoms with Crippen molar-refractivity contribution in [1.29, 1.82) is 0 Å². The summed E-state index contributed by atoms with van der Waals surface area (Å²) in [5, 5.41) is 8.87. The van der Waals surface area contributed by atoms with Crippen molar-refractivity contribution in [2.45, 2.75) is 26.3 Å². The van der Waals surface area contributed by atoms with Gasteiger partial charge in [0.05, 0.1) is 19.8 Å². The summed E-state index contributed by atoms with van der Waals surface area (Å²) < 4.78 is 10.2. The molecule has 0 amide bonds. The molecule has 0 atom stereocenters. The van der Waals surface area contributed by atoms with E-state index in [-0.39, 0.29) is 6.61 Å². The van der Waals surface area contributed by atoms with Crippen molar-refractivity contribution in [3.8, 4) is 0 Å². The predicted octanol–water partition coefficient (Wildman–Crippen LogP) is 0.742. The third-order valence-electron chi connectivity index (χ3n) is 2.28. The minimum atomic E-state index is 0.225. The number of methoxy groups -OCH3 is 1. The Kier molecular flexibility index (Phi) is 10.3. The van der Waals surface area contributed by atoms with E-state index in [1.807, 2.05) is 0 Å². The van der Waals surface area contributed by atoms with Crippen molar-refractivity contribution in [2.24, 2.45) is 0 Å². The molecule has 0 bridgehead atoms. The molecular formula is C11H25NO3. The normalized spacial score (nSPS) is 11.6. The maximum Gasteiger partial charge on any atom is 0.0700 e. The van der Waals surface area contributed by atoms with Gasteiger partial charge in [0.2, 0.25) is 0 Å². The highest BCUT2D eigenvalue weighted by Gasteiger charge is 2.07. The molecule has 0 aromatic carbocycles. The summed E-state index contributed by atoms with van der Waals surface area (Å²) in [6.45, 7) is 8.31. The summed E-state index contributed by atoms with van der Waals surface area (Å²) >= 11 is 0. The quantitative estimate of drug-likeness (QED) is 0.550. The van der Waals surface area contributed by atoms with Crippen LogP contribution < -0.4 is 0 Å². The molecule has 0 aromatic rings. The Balaban J connectivity index is 3.37. The molecular weight excluding hydrogens is 194 g/mol. The molecule has 92 valence electrons. The van der Waals surface area contributed by atoms with Crippen LogP contribution in [-0.4, -0.2) is 62.7 Å². The van der Waals surface area contributed by atoms with E-state index in [2.05, 4.69) is 18.7 Å². The molecule has 0 saturated carbocycles. The van der Waals surface area contributed by atoms with Gasteiger partial charge in [0.15, 0.2) is 0 Å². The SMILES string of the molecule is COCCOCCCN(CCO)C(C)C. The van der Waals surface area contributed by atoms with Gasteiger partial charge in [-0.15, -0.1) is 0 Å². The number of hydrogen-bond acceptors (Lipinski definition) is 4. The summed E-state index contributed by atoms with van der Waals surface area (Å²) in [6, 6.07) is 0.483. The largest absolute Gasteiger partial charge is 0.395 e. The Morgan fingerprint density at radius 2 is 1.87 bits per heavy atom. The third-order valence-corrected chi connectivity index (χ3v) is 2.28. The van der Waals surface area contributed by atoms with Crippen LogP contribution in [0.15, 0.2) is 0 Å². The molecule has 0 rings (SSSR count). The zero-order valence-electron chi connectivity index (χ0n) is 10.2. The molecule has 15 heavy (non-hydrogen) atoms. The van der Waals surface area contributed by atoms with Crippen LogP contribution in [0.5, 0.6) is 0 Å². The van der Waals surface area contributed by atoms with Crippen molar-refractivity contribution in [2.75, 3.05) is 46.6 Å². The van der Waals surface area contributed by atoms with Crippen molar-refractivity contribution in [1.82, 2.24) is 4.90 Å². The van der Waals surface area contributed by atoms with Gasteiger partial charge in [-0.2, -0.15) is 0 Å². The van der Waals surface area contributed by atoms with Gasteiger partial charge in [0, 0.05) is 32.8 Å². The van der Waals surface area contributed by atoms with Crippen molar-refractivity contribution >= 4 is 0 Å². The topological polar surface area (TPSA) is 41.9 Å². The first-order chi connectivity index (χ1) is 7.22. The van der Waals surface area contributed by atoms with Crippen LogP contribution in [0.25, 0.3) is 0 Å². The monoisotopic (exact) mass is 219 g/mol. The van der Waals surface area contributed by atoms with Crippen molar-refractivity contribution in [3.05, 3.63) is 0 Å².